The van der Waals surface area contributed by atoms with Crippen molar-refractivity contribution in [2.75, 3.05) is 10.6 Å². The van der Waals surface area contributed by atoms with E-state index in [0.29, 0.717) is 22.5 Å². The van der Waals surface area contributed by atoms with Crippen LogP contribution >= 0.6 is 0 Å². The largest absolute Gasteiger partial charge is 0.322 e. The van der Waals surface area contributed by atoms with Crippen LogP contribution in [0.1, 0.15) is 20.7 Å². The minimum absolute atomic E-state index is 0.215. The van der Waals surface area contributed by atoms with Crippen LogP contribution in [-0.2, 0) is 0 Å². The summed E-state index contributed by atoms with van der Waals surface area (Å²) in [6, 6.07) is 27.7. The van der Waals surface area contributed by atoms with Gasteiger partial charge in [0.05, 0.1) is 11.1 Å². The number of nitrogens with zero attached hydrogens (tertiary/aromatic N) is 2. The summed E-state index contributed by atoms with van der Waals surface area (Å²) < 4.78 is 0. The van der Waals surface area contributed by atoms with E-state index in [4.69, 9.17) is 0 Å². The van der Waals surface area contributed by atoms with E-state index < -0.39 is 0 Å². The van der Waals surface area contributed by atoms with Crippen molar-refractivity contribution in [1.29, 1.82) is 0 Å². The normalized spacial score (nSPS) is 10.6. The zero-order valence-corrected chi connectivity index (χ0v) is 18.1. The second kappa shape index (κ2) is 9.34. The molecular weight excluding hydrogens is 424 g/mol. The number of amides is 2. The van der Waals surface area contributed by atoms with Crippen molar-refractivity contribution in [3.8, 4) is 11.1 Å². The third-order valence-electron chi connectivity index (χ3n) is 5.44. The molecule has 34 heavy (non-hydrogen) atoms. The van der Waals surface area contributed by atoms with Crippen LogP contribution in [0, 0.1) is 0 Å². The highest BCUT2D eigenvalue weighted by molar-refractivity contribution is 6.13. The molecule has 2 heterocycles. The van der Waals surface area contributed by atoms with E-state index in [9.17, 15) is 9.59 Å². The van der Waals surface area contributed by atoms with Crippen LogP contribution in [0.3, 0.4) is 0 Å². The third-order valence-corrected chi connectivity index (χ3v) is 5.44. The van der Waals surface area contributed by atoms with Gasteiger partial charge < -0.3 is 10.6 Å². The van der Waals surface area contributed by atoms with E-state index in [1.807, 2.05) is 72.8 Å². The van der Waals surface area contributed by atoms with Crippen LogP contribution in [-0.4, -0.2) is 21.8 Å². The first kappa shape index (κ1) is 21.0. The van der Waals surface area contributed by atoms with Crippen LogP contribution in [0.4, 0.5) is 11.4 Å². The molecule has 5 aromatic rings. The average molecular weight is 444 g/mol. The highest BCUT2D eigenvalue weighted by Gasteiger charge is 2.14. The van der Waals surface area contributed by atoms with Crippen LogP contribution < -0.4 is 10.6 Å². The maximum absolute atomic E-state index is 13.2. The van der Waals surface area contributed by atoms with E-state index in [-0.39, 0.29) is 11.8 Å². The highest BCUT2D eigenvalue weighted by atomic mass is 16.2. The number of para-hydroxylation sites is 2. The molecule has 0 bridgehead atoms. The van der Waals surface area contributed by atoms with Crippen LogP contribution in [0.2, 0.25) is 0 Å². The zero-order chi connectivity index (χ0) is 23.3. The van der Waals surface area contributed by atoms with Crippen molar-refractivity contribution in [1.82, 2.24) is 9.97 Å². The molecule has 164 valence electrons. The Morgan fingerprint density at radius 3 is 2.35 bits per heavy atom. The fraction of sp³-hybridized carbons (Fsp3) is 0. The van der Waals surface area contributed by atoms with E-state index in [2.05, 4.69) is 20.6 Å². The van der Waals surface area contributed by atoms with Gasteiger partial charge in [0.2, 0.25) is 0 Å². The lowest BCUT2D eigenvalue weighted by molar-refractivity contribution is 0.101. The summed E-state index contributed by atoms with van der Waals surface area (Å²) in [5, 5.41) is 6.75. The molecule has 0 fully saturated rings. The molecule has 0 spiro atoms. The SMILES string of the molecule is O=C(Nc1cccc(-c2ccccc2NC(=O)c2ccnc3ccccc23)c1)c1ccncc1. The van der Waals surface area contributed by atoms with Gasteiger partial charge in [-0.15, -0.1) is 0 Å². The van der Waals surface area contributed by atoms with Gasteiger partial charge in [-0.3, -0.25) is 19.6 Å². The Balaban J connectivity index is 1.43. The minimum atomic E-state index is -0.217. The maximum Gasteiger partial charge on any atom is 0.256 e. The number of hydrogen-bond acceptors (Lipinski definition) is 4. The van der Waals surface area contributed by atoms with Crippen LogP contribution in [0.25, 0.3) is 22.0 Å². The van der Waals surface area contributed by atoms with Gasteiger partial charge in [0, 0.05) is 46.5 Å². The van der Waals surface area contributed by atoms with Gasteiger partial charge >= 0.3 is 0 Å². The van der Waals surface area contributed by atoms with E-state index in [1.165, 1.54) is 0 Å². The number of fused-ring (bicyclic) bond motifs is 1. The molecule has 0 unspecified atom stereocenters. The Hall–Kier alpha value is -4.84. The first-order chi connectivity index (χ1) is 16.7. The van der Waals surface area contributed by atoms with Crippen LogP contribution in [0.15, 0.2) is 110 Å². The van der Waals surface area contributed by atoms with E-state index in [1.54, 1.807) is 36.8 Å². The lowest BCUT2D eigenvalue weighted by atomic mass is 10.0. The predicted octanol–water partition coefficient (Wildman–Crippen LogP) is 5.80. The Kier molecular flexibility index (Phi) is 5.78. The topological polar surface area (TPSA) is 84.0 Å². The number of benzene rings is 3. The summed E-state index contributed by atoms with van der Waals surface area (Å²) in [6.45, 7) is 0. The van der Waals surface area contributed by atoms with Crippen LogP contribution in [0.5, 0.6) is 0 Å². The van der Waals surface area contributed by atoms with Gasteiger partial charge in [-0.1, -0.05) is 48.5 Å². The Morgan fingerprint density at radius 2 is 1.47 bits per heavy atom. The second-order valence-electron chi connectivity index (χ2n) is 7.65. The number of rotatable bonds is 5. The highest BCUT2D eigenvalue weighted by Crippen LogP contribution is 2.30. The number of carbonyl (C=O) groups excluding carboxylic acids is 2. The summed E-state index contributed by atoms with van der Waals surface area (Å²) >= 11 is 0. The molecule has 0 radical (unpaired) electrons. The molecule has 6 heteroatoms. The molecule has 0 aliphatic carbocycles. The number of carbonyl (C=O) groups is 2. The quantitative estimate of drug-likeness (QED) is 0.359. The van der Waals surface area contributed by atoms with Crippen molar-refractivity contribution >= 4 is 34.1 Å². The Bertz CT molecular complexity index is 1490. The number of anilines is 2. The molecule has 0 saturated heterocycles. The first-order valence-electron chi connectivity index (χ1n) is 10.7. The van der Waals surface area contributed by atoms with E-state index in [0.717, 1.165) is 22.0 Å². The summed E-state index contributed by atoms with van der Waals surface area (Å²) in [5.74, 6) is -0.432. The summed E-state index contributed by atoms with van der Waals surface area (Å²) in [4.78, 5) is 34.0. The summed E-state index contributed by atoms with van der Waals surface area (Å²) in [5.41, 5.74) is 4.88. The molecule has 0 aliphatic heterocycles. The lowest BCUT2D eigenvalue weighted by Crippen LogP contribution is -2.13. The fourth-order valence-electron chi connectivity index (χ4n) is 3.80. The van der Waals surface area contributed by atoms with Gasteiger partial charge in [0.25, 0.3) is 11.8 Å². The molecule has 0 aliphatic rings. The average Bonchev–Trinajstić information content (AvgIpc) is 2.89. The molecule has 0 atom stereocenters. The molecule has 5 rings (SSSR count). The van der Waals surface area contributed by atoms with Gasteiger partial charge in [0.1, 0.15) is 0 Å². The summed E-state index contributed by atoms with van der Waals surface area (Å²) in [6.07, 6.45) is 4.80. The maximum atomic E-state index is 13.2. The molecule has 2 amide bonds. The number of aromatic nitrogens is 2. The molecule has 0 saturated carbocycles. The van der Waals surface area contributed by atoms with Crippen molar-refractivity contribution in [2.24, 2.45) is 0 Å². The minimum Gasteiger partial charge on any atom is -0.322 e. The molecular formula is C28H20N4O2. The molecule has 2 aromatic heterocycles. The second-order valence-corrected chi connectivity index (χ2v) is 7.65. The Labute approximate surface area is 196 Å². The van der Waals surface area contributed by atoms with Gasteiger partial charge in [0.15, 0.2) is 0 Å². The molecule has 3 aromatic carbocycles. The predicted molar refractivity (Wildman–Crippen MR) is 134 cm³/mol. The van der Waals surface area contributed by atoms with Gasteiger partial charge in [-0.05, 0) is 48.0 Å². The zero-order valence-electron chi connectivity index (χ0n) is 18.1. The van der Waals surface area contributed by atoms with Crippen molar-refractivity contribution in [3.63, 3.8) is 0 Å². The Morgan fingerprint density at radius 1 is 0.676 bits per heavy atom. The van der Waals surface area contributed by atoms with Crippen molar-refractivity contribution in [2.45, 2.75) is 0 Å². The lowest BCUT2D eigenvalue weighted by Gasteiger charge is -2.13. The summed E-state index contributed by atoms with van der Waals surface area (Å²) in [7, 11) is 0. The smallest absolute Gasteiger partial charge is 0.256 e. The first-order valence-corrected chi connectivity index (χ1v) is 10.7. The number of nitrogens with one attached hydrogen (secondary N) is 2. The third kappa shape index (κ3) is 4.38. The standard InChI is InChI=1S/C28H20N4O2/c33-27(19-12-15-29-16-13-19)31-21-7-5-6-20(18-21)22-8-1-4-11-26(22)32-28(34)24-14-17-30-25-10-3-2-9-23(24)25/h1-18H,(H,31,33)(H,32,34). The van der Waals surface area contributed by atoms with Gasteiger partial charge in [-0.2, -0.15) is 0 Å². The van der Waals surface area contributed by atoms with Gasteiger partial charge in [-0.25, -0.2) is 0 Å². The fourth-order valence-corrected chi connectivity index (χ4v) is 3.80. The van der Waals surface area contributed by atoms with E-state index >= 15 is 0 Å². The number of hydrogen-bond donors (Lipinski definition) is 2. The monoisotopic (exact) mass is 444 g/mol. The number of pyridine rings is 2. The van der Waals surface area contributed by atoms with Crippen molar-refractivity contribution in [3.05, 3.63) is 121 Å². The van der Waals surface area contributed by atoms with Crippen molar-refractivity contribution < 1.29 is 9.59 Å². The molecule has 2 N–H and O–H groups in total. The molecule has 6 nitrogen and oxygen atoms in total.